The summed E-state index contributed by atoms with van der Waals surface area (Å²) in [5.74, 6) is 0.0480. The minimum absolute atomic E-state index is 0.136. The molecule has 0 aliphatic carbocycles. The summed E-state index contributed by atoms with van der Waals surface area (Å²) in [6.45, 7) is 11.7. The molecule has 0 atom stereocenters. The van der Waals surface area contributed by atoms with Crippen molar-refractivity contribution in [3.63, 3.8) is 0 Å². The van der Waals surface area contributed by atoms with Crippen molar-refractivity contribution in [1.29, 1.82) is 0 Å². The van der Waals surface area contributed by atoms with Crippen LogP contribution in [0.5, 0.6) is 5.75 Å². The molecule has 2 rings (SSSR count). The number of benzene rings is 1. The molecule has 0 radical (unpaired) electrons. The van der Waals surface area contributed by atoms with Crippen molar-refractivity contribution in [2.45, 2.75) is 39.5 Å². The van der Waals surface area contributed by atoms with Crippen LogP contribution in [0.15, 0.2) is 28.7 Å². The SMILES string of the molecule is CC.COC(=O)c1cc(OCOCC[Si](C)(C)C)c2cccc(Br)c2n1. The van der Waals surface area contributed by atoms with E-state index in [4.69, 9.17) is 14.2 Å². The maximum absolute atomic E-state index is 11.8. The van der Waals surface area contributed by atoms with Crippen molar-refractivity contribution in [3.8, 4) is 5.75 Å². The van der Waals surface area contributed by atoms with Crippen LogP contribution in [0.4, 0.5) is 0 Å². The maximum atomic E-state index is 11.8. The molecule has 1 heterocycles. The Morgan fingerprint density at radius 2 is 1.92 bits per heavy atom. The Bertz CT molecular complexity index is 731. The van der Waals surface area contributed by atoms with Gasteiger partial charge in [-0.2, -0.15) is 0 Å². The molecule has 0 unspecified atom stereocenters. The Balaban J connectivity index is 0.00000163. The van der Waals surface area contributed by atoms with Gasteiger partial charge in [0.05, 0.1) is 12.6 Å². The smallest absolute Gasteiger partial charge is 0.356 e. The number of ether oxygens (including phenoxy) is 3. The van der Waals surface area contributed by atoms with E-state index in [2.05, 4.69) is 40.6 Å². The van der Waals surface area contributed by atoms with Gasteiger partial charge in [0, 0.05) is 30.6 Å². The fraction of sp³-hybridized carbons (Fsp3) is 0.474. The fourth-order valence-corrected chi connectivity index (χ4v) is 3.27. The summed E-state index contributed by atoms with van der Waals surface area (Å²) in [5.41, 5.74) is 0.853. The Morgan fingerprint density at radius 1 is 1.23 bits per heavy atom. The highest BCUT2D eigenvalue weighted by Gasteiger charge is 2.15. The second-order valence-electron chi connectivity index (χ2n) is 6.61. The lowest BCUT2D eigenvalue weighted by atomic mass is 10.2. The number of hydrogen-bond acceptors (Lipinski definition) is 5. The number of halogens is 1. The zero-order valence-electron chi connectivity index (χ0n) is 16.4. The minimum atomic E-state index is -1.12. The number of carbonyl (C=O) groups excluding carboxylic acids is 1. The molecule has 0 aliphatic rings. The number of aromatic nitrogens is 1. The van der Waals surface area contributed by atoms with E-state index < -0.39 is 14.0 Å². The van der Waals surface area contributed by atoms with Crippen molar-refractivity contribution in [3.05, 3.63) is 34.4 Å². The fourth-order valence-electron chi connectivity index (χ4n) is 2.05. The van der Waals surface area contributed by atoms with E-state index >= 15 is 0 Å². The van der Waals surface area contributed by atoms with E-state index in [0.717, 1.165) is 15.9 Å². The number of fused-ring (bicyclic) bond motifs is 1. The van der Waals surface area contributed by atoms with E-state index in [9.17, 15) is 4.79 Å². The Morgan fingerprint density at radius 3 is 2.54 bits per heavy atom. The first-order valence-electron chi connectivity index (χ1n) is 8.70. The largest absolute Gasteiger partial charge is 0.467 e. The van der Waals surface area contributed by atoms with E-state index in [-0.39, 0.29) is 12.5 Å². The number of hydrogen-bond donors (Lipinski definition) is 0. The van der Waals surface area contributed by atoms with Gasteiger partial charge in [-0.1, -0.05) is 39.6 Å². The number of para-hydroxylation sites is 1. The molecule has 0 N–H and O–H groups in total. The molecule has 7 heteroatoms. The minimum Gasteiger partial charge on any atom is -0.467 e. The molecule has 0 spiro atoms. The van der Waals surface area contributed by atoms with E-state index in [0.29, 0.717) is 17.9 Å². The van der Waals surface area contributed by atoms with Gasteiger partial charge in [0.25, 0.3) is 0 Å². The normalized spacial score (nSPS) is 10.9. The third-order valence-corrected chi connectivity index (χ3v) is 5.79. The molecule has 0 amide bonds. The monoisotopic (exact) mass is 441 g/mol. The molecule has 0 bridgehead atoms. The quantitative estimate of drug-likeness (QED) is 0.245. The molecule has 5 nitrogen and oxygen atoms in total. The van der Waals surface area contributed by atoms with Crippen molar-refractivity contribution < 1.29 is 19.0 Å². The summed E-state index contributed by atoms with van der Waals surface area (Å²) in [7, 11) is 0.203. The van der Waals surface area contributed by atoms with Crippen molar-refractivity contribution in [2.24, 2.45) is 0 Å². The van der Waals surface area contributed by atoms with Crippen LogP contribution in [0, 0.1) is 0 Å². The summed E-state index contributed by atoms with van der Waals surface area (Å²) in [5, 5.41) is 0.811. The molecule has 0 fully saturated rings. The Hall–Kier alpha value is -1.44. The molecule has 0 aliphatic heterocycles. The van der Waals surface area contributed by atoms with Crippen LogP contribution in [0.3, 0.4) is 0 Å². The number of esters is 1. The number of carbonyl (C=O) groups is 1. The first-order valence-corrected chi connectivity index (χ1v) is 13.2. The summed E-state index contributed by atoms with van der Waals surface area (Å²) < 4.78 is 16.9. The summed E-state index contributed by atoms with van der Waals surface area (Å²) >= 11 is 3.45. The first-order chi connectivity index (χ1) is 12.3. The van der Waals surface area contributed by atoms with Gasteiger partial charge < -0.3 is 14.2 Å². The van der Waals surface area contributed by atoms with Crippen molar-refractivity contribution >= 4 is 40.9 Å². The standard InChI is InChI=1S/C17H22BrNO4Si.C2H6/c1-21-17(20)14-10-15(23-11-22-8-9-24(2,3)4)12-6-5-7-13(18)16(12)19-14;1-2/h5-7,10H,8-9,11H2,1-4H3;1-2H3. The number of methoxy groups -OCH3 is 1. The highest BCUT2D eigenvalue weighted by atomic mass is 79.9. The molecular formula is C19H28BrNO4Si. The molecule has 1 aromatic heterocycles. The number of rotatable bonds is 7. The lowest BCUT2D eigenvalue weighted by molar-refractivity contribution is 0.0227. The molecular weight excluding hydrogens is 414 g/mol. The van der Waals surface area contributed by atoms with E-state index in [1.807, 2.05) is 32.0 Å². The maximum Gasteiger partial charge on any atom is 0.356 e. The van der Waals surface area contributed by atoms with Crippen LogP contribution in [0.2, 0.25) is 25.7 Å². The van der Waals surface area contributed by atoms with Crippen LogP contribution in [0.1, 0.15) is 24.3 Å². The van der Waals surface area contributed by atoms with Crippen LogP contribution >= 0.6 is 15.9 Å². The summed E-state index contributed by atoms with van der Waals surface area (Å²) in [6.07, 6.45) is 0. The number of pyridine rings is 1. The van der Waals surface area contributed by atoms with Crippen LogP contribution in [0.25, 0.3) is 10.9 Å². The van der Waals surface area contributed by atoms with Crippen LogP contribution in [-0.2, 0) is 9.47 Å². The van der Waals surface area contributed by atoms with Gasteiger partial charge in [0.1, 0.15) is 5.75 Å². The highest BCUT2D eigenvalue weighted by molar-refractivity contribution is 9.10. The highest BCUT2D eigenvalue weighted by Crippen LogP contribution is 2.30. The van der Waals surface area contributed by atoms with Gasteiger partial charge in [-0.25, -0.2) is 9.78 Å². The average molecular weight is 442 g/mol. The topological polar surface area (TPSA) is 57.7 Å². The predicted molar refractivity (Wildman–Crippen MR) is 112 cm³/mol. The third kappa shape index (κ3) is 6.70. The molecule has 1 aromatic carbocycles. The Labute approximate surface area is 165 Å². The van der Waals surface area contributed by atoms with E-state index in [1.165, 1.54) is 7.11 Å². The van der Waals surface area contributed by atoms with Gasteiger partial charge in [0.15, 0.2) is 12.5 Å². The molecule has 26 heavy (non-hydrogen) atoms. The zero-order valence-corrected chi connectivity index (χ0v) is 19.0. The molecule has 0 saturated heterocycles. The van der Waals surface area contributed by atoms with Crippen LogP contribution < -0.4 is 4.74 Å². The third-order valence-electron chi connectivity index (χ3n) is 3.44. The lowest BCUT2D eigenvalue weighted by Gasteiger charge is -2.16. The molecule has 2 aromatic rings. The molecule has 144 valence electrons. The molecule has 0 saturated carbocycles. The van der Waals surface area contributed by atoms with Crippen LogP contribution in [-0.4, -0.2) is 39.5 Å². The van der Waals surface area contributed by atoms with E-state index in [1.54, 1.807) is 6.07 Å². The van der Waals surface area contributed by atoms with Gasteiger partial charge in [0.2, 0.25) is 0 Å². The Kier molecular flexibility index (Phi) is 9.25. The second-order valence-corrected chi connectivity index (χ2v) is 13.1. The van der Waals surface area contributed by atoms with Crippen molar-refractivity contribution in [1.82, 2.24) is 4.98 Å². The van der Waals surface area contributed by atoms with Gasteiger partial charge in [-0.05, 0) is 34.1 Å². The second kappa shape index (κ2) is 10.6. The van der Waals surface area contributed by atoms with Crippen molar-refractivity contribution in [2.75, 3.05) is 20.5 Å². The van der Waals surface area contributed by atoms with Gasteiger partial charge >= 0.3 is 5.97 Å². The lowest BCUT2D eigenvalue weighted by Crippen LogP contribution is -2.22. The first kappa shape index (κ1) is 22.6. The summed E-state index contributed by atoms with van der Waals surface area (Å²) in [4.78, 5) is 16.2. The van der Waals surface area contributed by atoms with Gasteiger partial charge in [-0.15, -0.1) is 0 Å². The zero-order chi connectivity index (χ0) is 19.7. The average Bonchev–Trinajstić information content (AvgIpc) is 2.62. The van der Waals surface area contributed by atoms with Gasteiger partial charge in [-0.3, -0.25) is 0 Å². The number of nitrogens with zero attached hydrogens (tertiary/aromatic N) is 1. The summed E-state index contributed by atoms with van der Waals surface area (Å²) in [6, 6.07) is 8.32. The predicted octanol–water partition coefficient (Wildman–Crippen LogP) is 5.50.